The first-order valence-corrected chi connectivity index (χ1v) is 7.49. The molecule has 1 aromatic heterocycles. The number of anilines is 1. The number of aromatic nitrogens is 1. The van der Waals surface area contributed by atoms with E-state index in [-0.39, 0.29) is 5.91 Å². The lowest BCUT2D eigenvalue weighted by molar-refractivity contribution is -0.115. The van der Waals surface area contributed by atoms with Crippen molar-refractivity contribution in [2.75, 3.05) is 17.3 Å². The average Bonchev–Trinajstić information content (AvgIpc) is 2.47. The molecule has 2 rings (SSSR count). The number of rotatable bonds is 5. The maximum Gasteiger partial charge on any atom is 0.226 e. The van der Waals surface area contributed by atoms with Crippen LogP contribution >= 0.6 is 11.8 Å². The van der Waals surface area contributed by atoms with Gasteiger partial charge in [0.15, 0.2) is 0 Å². The number of nitrogens with zero attached hydrogens (tertiary/aromatic N) is 1. The highest BCUT2D eigenvalue weighted by Crippen LogP contribution is 2.18. The summed E-state index contributed by atoms with van der Waals surface area (Å²) in [4.78, 5) is 15.8. The quantitative estimate of drug-likeness (QED) is 0.906. The smallest absolute Gasteiger partial charge is 0.226 e. The van der Waals surface area contributed by atoms with Crippen LogP contribution in [-0.4, -0.2) is 22.9 Å². The van der Waals surface area contributed by atoms with E-state index >= 15 is 0 Å². The van der Waals surface area contributed by atoms with E-state index in [9.17, 15) is 4.79 Å². The van der Waals surface area contributed by atoms with E-state index in [1.165, 1.54) is 0 Å². The number of amides is 1. The number of pyridine rings is 1. The summed E-state index contributed by atoms with van der Waals surface area (Å²) in [5.41, 5.74) is 2.16. The summed E-state index contributed by atoms with van der Waals surface area (Å²) in [7, 11) is 0. The van der Waals surface area contributed by atoms with Gasteiger partial charge in [0, 0.05) is 23.9 Å². The maximum atomic E-state index is 11.6. The highest BCUT2D eigenvalue weighted by molar-refractivity contribution is 7.98. The molecule has 0 saturated heterocycles. The van der Waals surface area contributed by atoms with E-state index in [1.807, 2.05) is 48.7 Å². The summed E-state index contributed by atoms with van der Waals surface area (Å²) in [5, 5.41) is 2.79. The molecule has 0 aliphatic carbocycles. The van der Waals surface area contributed by atoms with E-state index in [0.29, 0.717) is 12.2 Å². The molecule has 0 fully saturated rings. The third-order valence-electron chi connectivity index (χ3n) is 2.67. The van der Waals surface area contributed by atoms with Crippen LogP contribution in [-0.2, 0) is 4.79 Å². The van der Waals surface area contributed by atoms with E-state index in [0.717, 1.165) is 16.9 Å². The summed E-state index contributed by atoms with van der Waals surface area (Å²) in [6.45, 7) is 0. The van der Waals surface area contributed by atoms with Gasteiger partial charge in [-0.25, -0.2) is 4.98 Å². The summed E-state index contributed by atoms with van der Waals surface area (Å²) < 4.78 is 0. The van der Waals surface area contributed by atoms with Gasteiger partial charge in [0.25, 0.3) is 0 Å². The lowest BCUT2D eigenvalue weighted by atomic mass is 10.1. The van der Waals surface area contributed by atoms with Crippen LogP contribution in [0.3, 0.4) is 0 Å². The Bertz CT molecular complexity index is 526. The minimum Gasteiger partial charge on any atom is -0.311 e. The predicted octanol–water partition coefficient (Wildman–Crippen LogP) is 3.44. The molecule has 0 atom stereocenters. The Morgan fingerprint density at radius 2 is 1.95 bits per heavy atom. The van der Waals surface area contributed by atoms with Crippen molar-refractivity contribution in [1.29, 1.82) is 0 Å². The number of nitrogens with one attached hydrogen (secondary N) is 1. The number of hydrogen-bond acceptors (Lipinski definition) is 3. The van der Waals surface area contributed by atoms with E-state index in [1.54, 1.807) is 18.0 Å². The minimum absolute atomic E-state index is 0.00862. The molecule has 1 aromatic carbocycles. The van der Waals surface area contributed by atoms with Crippen molar-refractivity contribution in [3.63, 3.8) is 0 Å². The van der Waals surface area contributed by atoms with Gasteiger partial charge in [-0.1, -0.05) is 30.3 Å². The predicted molar refractivity (Wildman–Crippen MR) is 81.3 cm³/mol. The van der Waals surface area contributed by atoms with Gasteiger partial charge in [-0.2, -0.15) is 11.8 Å². The Kier molecular flexibility index (Phi) is 4.98. The maximum absolute atomic E-state index is 11.6. The van der Waals surface area contributed by atoms with Crippen LogP contribution in [0.25, 0.3) is 11.1 Å². The number of carbonyl (C=O) groups is 1. The zero-order valence-corrected chi connectivity index (χ0v) is 11.6. The molecule has 0 aliphatic rings. The lowest BCUT2D eigenvalue weighted by Crippen LogP contribution is -2.13. The molecule has 98 valence electrons. The molecule has 19 heavy (non-hydrogen) atoms. The van der Waals surface area contributed by atoms with Crippen LogP contribution in [0.1, 0.15) is 6.42 Å². The van der Waals surface area contributed by atoms with Crippen LogP contribution in [0.2, 0.25) is 0 Å². The van der Waals surface area contributed by atoms with Gasteiger partial charge in [0.2, 0.25) is 5.91 Å². The van der Waals surface area contributed by atoms with Crippen molar-refractivity contribution in [1.82, 2.24) is 4.98 Å². The molecule has 0 radical (unpaired) electrons. The summed E-state index contributed by atoms with van der Waals surface area (Å²) in [6, 6.07) is 13.8. The molecule has 1 amide bonds. The van der Waals surface area contributed by atoms with E-state index in [4.69, 9.17) is 0 Å². The normalized spacial score (nSPS) is 10.2. The molecule has 0 bridgehead atoms. The van der Waals surface area contributed by atoms with Crippen molar-refractivity contribution in [3.05, 3.63) is 48.7 Å². The van der Waals surface area contributed by atoms with Gasteiger partial charge in [0.1, 0.15) is 5.82 Å². The number of benzene rings is 1. The van der Waals surface area contributed by atoms with Crippen molar-refractivity contribution in [3.8, 4) is 11.1 Å². The van der Waals surface area contributed by atoms with Crippen molar-refractivity contribution >= 4 is 23.5 Å². The monoisotopic (exact) mass is 272 g/mol. The Hall–Kier alpha value is -1.81. The molecule has 1 N–H and O–H groups in total. The topological polar surface area (TPSA) is 42.0 Å². The number of thioether (sulfide) groups is 1. The highest BCUT2D eigenvalue weighted by atomic mass is 32.2. The molecule has 2 aromatic rings. The SMILES string of the molecule is CSCCC(=O)Nc1ccc(-c2ccccc2)cn1. The van der Waals surface area contributed by atoms with E-state index < -0.39 is 0 Å². The molecule has 4 heteroatoms. The second-order valence-electron chi connectivity index (χ2n) is 4.09. The average molecular weight is 272 g/mol. The molecule has 3 nitrogen and oxygen atoms in total. The van der Waals surface area contributed by atoms with Crippen molar-refractivity contribution in [2.24, 2.45) is 0 Å². The first kappa shape index (κ1) is 13.6. The second-order valence-corrected chi connectivity index (χ2v) is 5.07. The van der Waals surface area contributed by atoms with Crippen LogP contribution < -0.4 is 5.32 Å². The fraction of sp³-hybridized carbons (Fsp3) is 0.200. The fourth-order valence-electron chi connectivity index (χ4n) is 1.67. The van der Waals surface area contributed by atoms with Gasteiger partial charge < -0.3 is 5.32 Å². The third kappa shape index (κ3) is 4.10. The lowest BCUT2D eigenvalue weighted by Gasteiger charge is -2.05. The Morgan fingerprint density at radius 1 is 1.16 bits per heavy atom. The molecule has 0 aliphatic heterocycles. The van der Waals surface area contributed by atoms with Crippen LogP contribution in [0.15, 0.2) is 48.7 Å². The zero-order chi connectivity index (χ0) is 13.5. The fourth-order valence-corrected chi connectivity index (χ4v) is 2.06. The second kappa shape index (κ2) is 6.95. The van der Waals surface area contributed by atoms with E-state index in [2.05, 4.69) is 10.3 Å². The van der Waals surface area contributed by atoms with Crippen LogP contribution in [0.5, 0.6) is 0 Å². The van der Waals surface area contributed by atoms with Gasteiger partial charge in [-0.15, -0.1) is 0 Å². The zero-order valence-electron chi connectivity index (χ0n) is 10.8. The Balaban J connectivity index is 2.01. The highest BCUT2D eigenvalue weighted by Gasteiger charge is 2.03. The Morgan fingerprint density at radius 3 is 2.58 bits per heavy atom. The summed E-state index contributed by atoms with van der Waals surface area (Å²) in [5.74, 6) is 1.44. The van der Waals surface area contributed by atoms with Crippen molar-refractivity contribution < 1.29 is 4.79 Å². The van der Waals surface area contributed by atoms with Gasteiger partial charge in [-0.05, 0) is 24.0 Å². The standard InChI is InChI=1S/C15H16N2OS/c1-19-10-9-15(18)17-14-8-7-13(11-16-14)12-5-3-2-4-6-12/h2-8,11H,9-10H2,1H3,(H,16,17,18). The first-order valence-electron chi connectivity index (χ1n) is 6.10. The third-order valence-corrected chi connectivity index (χ3v) is 3.28. The molecule has 0 saturated carbocycles. The van der Waals surface area contributed by atoms with Gasteiger partial charge >= 0.3 is 0 Å². The summed E-state index contributed by atoms with van der Waals surface area (Å²) in [6.07, 6.45) is 4.28. The summed E-state index contributed by atoms with van der Waals surface area (Å²) >= 11 is 1.66. The van der Waals surface area contributed by atoms with Gasteiger partial charge in [-0.3, -0.25) is 4.79 Å². The number of carbonyl (C=O) groups excluding carboxylic acids is 1. The van der Waals surface area contributed by atoms with Gasteiger partial charge in [0.05, 0.1) is 0 Å². The largest absolute Gasteiger partial charge is 0.311 e. The molecule has 0 spiro atoms. The molecule has 0 unspecified atom stereocenters. The van der Waals surface area contributed by atoms with Crippen LogP contribution in [0, 0.1) is 0 Å². The molecular weight excluding hydrogens is 256 g/mol. The minimum atomic E-state index is 0.00862. The van der Waals surface area contributed by atoms with Crippen molar-refractivity contribution in [2.45, 2.75) is 6.42 Å². The first-order chi connectivity index (χ1) is 9.29. The molecular formula is C15H16N2OS. The Labute approximate surface area is 117 Å². The van der Waals surface area contributed by atoms with Crippen LogP contribution in [0.4, 0.5) is 5.82 Å². The molecule has 1 heterocycles. The number of hydrogen-bond donors (Lipinski definition) is 1.